The van der Waals surface area contributed by atoms with E-state index in [-0.39, 0.29) is 52.0 Å². The second-order valence-corrected chi connectivity index (χ2v) is 17.5. The van der Waals surface area contributed by atoms with Crippen LogP contribution < -0.4 is 26.6 Å². The lowest BCUT2D eigenvalue weighted by molar-refractivity contribution is -0.126. The molecule has 4 unspecified atom stereocenters. The molecule has 2 fully saturated rings. The van der Waals surface area contributed by atoms with Crippen LogP contribution >= 0.6 is 0 Å². The van der Waals surface area contributed by atoms with Crippen LogP contribution in [0.25, 0.3) is 0 Å². The molecule has 9 nitrogen and oxygen atoms in total. The van der Waals surface area contributed by atoms with Gasteiger partial charge in [0.1, 0.15) is 6.04 Å². The maximum Gasteiger partial charge on any atom is 0.248 e. The second kappa shape index (κ2) is 19.6. The molecule has 0 bridgehead atoms. The van der Waals surface area contributed by atoms with Crippen molar-refractivity contribution in [3.05, 3.63) is 49.5 Å². The Morgan fingerprint density at radius 1 is 0.922 bits per heavy atom. The van der Waals surface area contributed by atoms with Gasteiger partial charge in [-0.1, -0.05) is 113 Å². The molecule has 0 aromatic heterocycles. The van der Waals surface area contributed by atoms with Crippen molar-refractivity contribution >= 4 is 17.7 Å². The van der Waals surface area contributed by atoms with Crippen LogP contribution in [-0.4, -0.2) is 66.4 Å². The van der Waals surface area contributed by atoms with Gasteiger partial charge >= 0.3 is 0 Å². The molecule has 1 saturated carbocycles. The van der Waals surface area contributed by atoms with Crippen molar-refractivity contribution in [2.45, 2.75) is 157 Å². The first-order valence-electron chi connectivity index (χ1n) is 19.6. The van der Waals surface area contributed by atoms with Crippen molar-refractivity contribution in [3.8, 4) is 0 Å². The van der Waals surface area contributed by atoms with Crippen LogP contribution in [0.15, 0.2) is 49.5 Å². The first-order valence-corrected chi connectivity index (χ1v) is 19.6. The predicted molar refractivity (Wildman–Crippen MR) is 213 cm³/mol. The minimum atomic E-state index is -0.464. The van der Waals surface area contributed by atoms with Gasteiger partial charge in [-0.3, -0.25) is 14.4 Å². The van der Waals surface area contributed by atoms with Crippen LogP contribution in [0.4, 0.5) is 0 Å². The van der Waals surface area contributed by atoms with E-state index in [1.807, 2.05) is 6.92 Å². The molecule has 0 aromatic carbocycles. The summed E-state index contributed by atoms with van der Waals surface area (Å²) >= 11 is 0. The lowest BCUT2D eigenvalue weighted by atomic mass is 9.69. The Morgan fingerprint density at radius 3 is 2.12 bits per heavy atom. The Morgan fingerprint density at radius 2 is 1.57 bits per heavy atom. The fourth-order valence-corrected chi connectivity index (χ4v) is 7.66. The van der Waals surface area contributed by atoms with E-state index < -0.39 is 12.1 Å². The van der Waals surface area contributed by atoms with Gasteiger partial charge in [-0.05, 0) is 61.2 Å². The predicted octanol–water partition coefficient (Wildman–Crippen LogP) is 7.09. The summed E-state index contributed by atoms with van der Waals surface area (Å²) in [5, 5.41) is 16.5. The average molecular weight is 711 g/mol. The van der Waals surface area contributed by atoms with Crippen LogP contribution in [0.1, 0.15) is 133 Å². The van der Waals surface area contributed by atoms with E-state index in [1.165, 1.54) is 6.42 Å². The van der Waals surface area contributed by atoms with Gasteiger partial charge < -0.3 is 31.5 Å². The second-order valence-electron chi connectivity index (χ2n) is 17.5. The van der Waals surface area contributed by atoms with Gasteiger partial charge in [0.05, 0.1) is 17.9 Å². The maximum atomic E-state index is 14.4. The number of nitrogens with zero attached hydrogens (tertiary/aromatic N) is 1. The summed E-state index contributed by atoms with van der Waals surface area (Å²) in [5.74, 6) is 0.662. The summed E-state index contributed by atoms with van der Waals surface area (Å²) in [6, 6.07) is -1.05. The Labute approximate surface area is 311 Å². The smallest absolute Gasteiger partial charge is 0.248 e. The van der Waals surface area contributed by atoms with Gasteiger partial charge in [-0.25, -0.2) is 0 Å². The molecule has 2 aliphatic rings. The van der Waals surface area contributed by atoms with E-state index in [2.05, 4.69) is 107 Å². The Bertz CT molecular complexity index is 1220. The number of carbonyl (C=O) groups is 3. The highest BCUT2D eigenvalue weighted by molar-refractivity contribution is 5.95. The van der Waals surface area contributed by atoms with Gasteiger partial charge in [-0.2, -0.15) is 0 Å². The van der Waals surface area contributed by atoms with Gasteiger partial charge in [0, 0.05) is 43.4 Å². The highest BCUT2D eigenvalue weighted by Crippen LogP contribution is 2.45. The van der Waals surface area contributed by atoms with Crippen molar-refractivity contribution in [2.24, 2.45) is 22.2 Å². The number of hydrogen-bond acceptors (Lipinski definition) is 6. The lowest BCUT2D eigenvalue weighted by Crippen LogP contribution is -2.55. The first-order chi connectivity index (χ1) is 23.8. The van der Waals surface area contributed by atoms with Crippen molar-refractivity contribution in [3.63, 3.8) is 0 Å². The van der Waals surface area contributed by atoms with E-state index in [0.717, 1.165) is 44.2 Å². The summed E-state index contributed by atoms with van der Waals surface area (Å²) in [6.45, 7) is 38.4. The monoisotopic (exact) mass is 711 g/mol. The van der Waals surface area contributed by atoms with Crippen LogP contribution in [0.2, 0.25) is 0 Å². The summed E-state index contributed by atoms with van der Waals surface area (Å²) in [5.41, 5.74) is 1.04. The molecule has 1 aliphatic carbocycles. The van der Waals surface area contributed by atoms with Crippen molar-refractivity contribution in [1.82, 2.24) is 31.5 Å². The first kappa shape index (κ1) is 43.9. The normalized spacial score (nSPS) is 20.7. The molecule has 5 N–H and O–H groups in total. The molecule has 290 valence electrons. The van der Waals surface area contributed by atoms with Gasteiger partial charge in [0.15, 0.2) is 0 Å². The number of rotatable bonds is 20. The third-order valence-electron chi connectivity index (χ3n) is 11.3. The molecule has 9 heteroatoms. The topological polar surface area (TPSA) is 115 Å². The summed E-state index contributed by atoms with van der Waals surface area (Å²) in [7, 11) is 0. The standard InChI is InChI=1S/C42H74N6O3/c1-14-17-21-33(29(4)38(50)44-26-15-2)47-39(51)34-27-32(40(7,8)9)28-48(34)30(5)37(42(13)24-19-18-20-25-42)46-31(6)45-35(41(10,11)12)22-23-36(49)43-16-3/h15,32-35,37,45-46H,2,4-6,14,16-28H2,1,3,7-13H3,(H,43,49)(H,44,50)(H,47,51)/t32-,33?,34?,35?,37?/m1/s1. The van der Waals surface area contributed by atoms with E-state index in [4.69, 9.17) is 6.58 Å². The van der Waals surface area contributed by atoms with Gasteiger partial charge in [-0.15, -0.1) is 6.58 Å². The molecule has 5 atom stereocenters. The Balaban J connectivity index is 2.44. The molecule has 0 spiro atoms. The lowest BCUT2D eigenvalue weighted by Gasteiger charge is -2.46. The molecule has 0 aromatic rings. The number of unbranched alkanes of at least 4 members (excludes halogenated alkanes) is 1. The minimum Gasteiger partial charge on any atom is -0.369 e. The molecular formula is C42H74N6O3. The molecular weight excluding hydrogens is 637 g/mol. The maximum absolute atomic E-state index is 14.4. The number of likely N-dealkylation sites (tertiary alicyclic amines) is 1. The number of nitrogens with one attached hydrogen (secondary N) is 5. The molecule has 2 rings (SSSR count). The van der Waals surface area contributed by atoms with Crippen molar-refractivity contribution in [2.75, 3.05) is 19.6 Å². The molecule has 3 amide bonds. The van der Waals surface area contributed by atoms with Crippen LogP contribution in [0.5, 0.6) is 0 Å². The van der Waals surface area contributed by atoms with E-state index in [9.17, 15) is 14.4 Å². The quantitative estimate of drug-likeness (QED) is 0.0681. The van der Waals surface area contributed by atoms with Crippen molar-refractivity contribution < 1.29 is 14.4 Å². The van der Waals surface area contributed by atoms with E-state index in [0.29, 0.717) is 56.7 Å². The Hall–Kier alpha value is -3.23. The zero-order chi connectivity index (χ0) is 38.6. The fraction of sp³-hybridized carbons (Fsp3) is 0.738. The summed E-state index contributed by atoms with van der Waals surface area (Å²) < 4.78 is 0. The largest absolute Gasteiger partial charge is 0.369 e. The van der Waals surface area contributed by atoms with Crippen molar-refractivity contribution in [1.29, 1.82) is 0 Å². The SMILES string of the molecule is C=CCNC(=O)C(=C)C(CCCC)NC(=O)C1C[C@@H](C(C)(C)C)CN1C(=C)C(NC(=C)NC(CCC(=O)NCC)C(C)(C)C)C1(C)CCCCC1. The van der Waals surface area contributed by atoms with Gasteiger partial charge in [0.2, 0.25) is 17.7 Å². The number of carbonyl (C=O) groups excluding carboxylic acids is 3. The highest BCUT2D eigenvalue weighted by atomic mass is 16.2. The molecule has 51 heavy (non-hydrogen) atoms. The zero-order valence-electron chi connectivity index (χ0n) is 33.9. The van der Waals surface area contributed by atoms with Gasteiger partial charge in [0.25, 0.3) is 0 Å². The molecule has 1 aliphatic heterocycles. The van der Waals surface area contributed by atoms with E-state index >= 15 is 0 Å². The van der Waals surface area contributed by atoms with Crippen LogP contribution in [-0.2, 0) is 14.4 Å². The summed E-state index contributed by atoms with van der Waals surface area (Å²) in [4.78, 5) is 42.0. The zero-order valence-corrected chi connectivity index (χ0v) is 33.9. The van der Waals surface area contributed by atoms with Crippen LogP contribution in [0, 0.1) is 22.2 Å². The van der Waals surface area contributed by atoms with Crippen LogP contribution in [0.3, 0.4) is 0 Å². The molecule has 0 radical (unpaired) electrons. The summed E-state index contributed by atoms with van der Waals surface area (Å²) in [6.07, 6.45) is 11.5. The number of hydrogen-bond donors (Lipinski definition) is 5. The third-order valence-corrected chi connectivity index (χ3v) is 11.3. The number of amides is 3. The molecule has 1 saturated heterocycles. The average Bonchev–Trinajstić information content (AvgIpc) is 3.52. The Kier molecular flexibility index (Phi) is 16.9. The fourth-order valence-electron chi connectivity index (χ4n) is 7.66. The molecule has 1 heterocycles. The third kappa shape index (κ3) is 13.0. The highest BCUT2D eigenvalue weighted by Gasteiger charge is 2.47. The minimum absolute atomic E-state index is 0.0144. The van der Waals surface area contributed by atoms with E-state index in [1.54, 1.807) is 6.08 Å².